The Labute approximate surface area is 131 Å². The van der Waals surface area contributed by atoms with Crippen molar-refractivity contribution in [2.75, 3.05) is 24.6 Å². The second-order valence-corrected chi connectivity index (χ2v) is 8.94. The molecule has 1 saturated heterocycles. The van der Waals surface area contributed by atoms with E-state index < -0.39 is 9.84 Å². The van der Waals surface area contributed by atoms with E-state index in [4.69, 9.17) is 0 Å². The number of rotatable bonds is 3. The molecule has 3 heterocycles. The number of benzene rings is 1. The van der Waals surface area contributed by atoms with E-state index >= 15 is 0 Å². The lowest BCUT2D eigenvalue weighted by atomic mass is 10.0. The summed E-state index contributed by atoms with van der Waals surface area (Å²) in [4.78, 5) is 6.01. The molecule has 1 aromatic heterocycles. The van der Waals surface area contributed by atoms with Crippen LogP contribution in [0, 0.1) is 5.92 Å². The van der Waals surface area contributed by atoms with Crippen LogP contribution >= 0.6 is 0 Å². The van der Waals surface area contributed by atoms with Crippen molar-refractivity contribution in [3.63, 3.8) is 0 Å². The Kier molecular flexibility index (Phi) is 3.50. The van der Waals surface area contributed by atoms with Gasteiger partial charge in [0.15, 0.2) is 9.84 Å². The highest BCUT2D eigenvalue weighted by molar-refractivity contribution is 7.91. The SMILES string of the molecule is O=S1(=O)CC[C@H](CCN2CCc3c([nH]c4ccccc34)C2)C1. The van der Waals surface area contributed by atoms with Gasteiger partial charge in [-0.25, -0.2) is 8.42 Å². The van der Waals surface area contributed by atoms with Crippen LogP contribution in [0.4, 0.5) is 0 Å². The molecular weight excluding hydrogens is 296 g/mol. The molecule has 1 fully saturated rings. The molecule has 0 amide bonds. The Morgan fingerprint density at radius 3 is 2.95 bits per heavy atom. The van der Waals surface area contributed by atoms with Crippen LogP contribution < -0.4 is 0 Å². The summed E-state index contributed by atoms with van der Waals surface area (Å²) < 4.78 is 23.1. The number of H-pyrrole nitrogens is 1. The van der Waals surface area contributed by atoms with E-state index in [9.17, 15) is 8.42 Å². The summed E-state index contributed by atoms with van der Waals surface area (Å²) >= 11 is 0. The molecule has 0 radical (unpaired) electrons. The highest BCUT2D eigenvalue weighted by atomic mass is 32.2. The highest BCUT2D eigenvalue weighted by Crippen LogP contribution is 2.28. The minimum atomic E-state index is -2.74. The molecular formula is C17H22N2O2S. The van der Waals surface area contributed by atoms with Crippen LogP contribution in [0.3, 0.4) is 0 Å². The molecule has 4 rings (SSSR count). The Hall–Kier alpha value is -1.33. The van der Waals surface area contributed by atoms with Crippen molar-refractivity contribution in [1.82, 2.24) is 9.88 Å². The van der Waals surface area contributed by atoms with Gasteiger partial charge in [0.05, 0.1) is 11.5 Å². The quantitative estimate of drug-likeness (QED) is 0.945. The molecule has 2 aromatic rings. The zero-order valence-electron chi connectivity index (χ0n) is 12.7. The van der Waals surface area contributed by atoms with Crippen molar-refractivity contribution < 1.29 is 8.42 Å². The third-order valence-corrected chi connectivity index (χ3v) is 6.98. The van der Waals surface area contributed by atoms with Crippen LogP contribution in [-0.2, 0) is 22.8 Å². The van der Waals surface area contributed by atoms with Gasteiger partial charge in [-0.05, 0) is 43.4 Å². The molecule has 0 bridgehead atoms. The van der Waals surface area contributed by atoms with E-state index in [2.05, 4.69) is 34.1 Å². The molecule has 1 atom stereocenters. The maximum absolute atomic E-state index is 11.5. The fourth-order valence-corrected chi connectivity index (χ4v) is 5.82. The van der Waals surface area contributed by atoms with Crippen molar-refractivity contribution in [1.29, 1.82) is 0 Å². The van der Waals surface area contributed by atoms with Crippen molar-refractivity contribution in [3.05, 3.63) is 35.5 Å². The number of aromatic amines is 1. The van der Waals surface area contributed by atoms with Crippen LogP contribution in [0.5, 0.6) is 0 Å². The topological polar surface area (TPSA) is 53.2 Å². The fraction of sp³-hybridized carbons (Fsp3) is 0.529. The van der Waals surface area contributed by atoms with Gasteiger partial charge in [-0.3, -0.25) is 4.90 Å². The third-order valence-electron chi connectivity index (χ3n) is 5.14. The predicted octanol–water partition coefficient (Wildman–Crippen LogP) is 2.35. The summed E-state index contributed by atoms with van der Waals surface area (Å²) in [5.41, 5.74) is 4.04. The van der Waals surface area contributed by atoms with Gasteiger partial charge in [-0.15, -0.1) is 0 Å². The predicted molar refractivity (Wildman–Crippen MR) is 88.7 cm³/mol. The molecule has 0 aliphatic carbocycles. The van der Waals surface area contributed by atoms with E-state index in [0.29, 0.717) is 17.4 Å². The van der Waals surface area contributed by atoms with Crippen molar-refractivity contribution in [3.8, 4) is 0 Å². The van der Waals surface area contributed by atoms with Gasteiger partial charge in [-0.2, -0.15) is 0 Å². The first-order valence-corrected chi connectivity index (χ1v) is 9.94. The van der Waals surface area contributed by atoms with Crippen LogP contribution in [0.2, 0.25) is 0 Å². The molecule has 0 saturated carbocycles. The van der Waals surface area contributed by atoms with E-state index in [1.165, 1.54) is 22.2 Å². The van der Waals surface area contributed by atoms with E-state index in [1.54, 1.807) is 0 Å². The van der Waals surface area contributed by atoms with Gasteiger partial charge in [-0.1, -0.05) is 18.2 Å². The Balaban J connectivity index is 1.42. The molecule has 0 spiro atoms. The summed E-state index contributed by atoms with van der Waals surface area (Å²) in [5, 5.41) is 1.36. The molecule has 5 heteroatoms. The van der Waals surface area contributed by atoms with Gasteiger partial charge in [0.25, 0.3) is 0 Å². The van der Waals surface area contributed by atoms with E-state index in [-0.39, 0.29) is 0 Å². The molecule has 1 N–H and O–H groups in total. The number of nitrogens with zero attached hydrogens (tertiary/aromatic N) is 1. The average molecular weight is 318 g/mol. The largest absolute Gasteiger partial charge is 0.357 e. The van der Waals surface area contributed by atoms with E-state index in [0.717, 1.165) is 38.9 Å². The number of hydrogen-bond acceptors (Lipinski definition) is 3. The van der Waals surface area contributed by atoms with Crippen molar-refractivity contribution in [2.45, 2.75) is 25.8 Å². The lowest BCUT2D eigenvalue weighted by Crippen LogP contribution is -2.32. The average Bonchev–Trinajstić information content (AvgIpc) is 3.04. The number of fused-ring (bicyclic) bond motifs is 3. The summed E-state index contributed by atoms with van der Waals surface area (Å²) in [6.07, 6.45) is 2.95. The molecule has 1 aromatic carbocycles. The van der Waals surface area contributed by atoms with Crippen molar-refractivity contribution >= 4 is 20.7 Å². The summed E-state index contributed by atoms with van der Waals surface area (Å²) in [6, 6.07) is 8.51. The maximum Gasteiger partial charge on any atom is 0.150 e. The number of nitrogens with one attached hydrogen (secondary N) is 1. The van der Waals surface area contributed by atoms with Crippen LogP contribution in [0.25, 0.3) is 10.9 Å². The highest BCUT2D eigenvalue weighted by Gasteiger charge is 2.28. The minimum absolute atomic E-state index is 0.370. The Morgan fingerprint density at radius 1 is 1.27 bits per heavy atom. The first kappa shape index (κ1) is 14.3. The smallest absolute Gasteiger partial charge is 0.150 e. The van der Waals surface area contributed by atoms with Gasteiger partial charge in [0.2, 0.25) is 0 Å². The fourth-order valence-electron chi connectivity index (χ4n) is 3.90. The monoisotopic (exact) mass is 318 g/mol. The van der Waals surface area contributed by atoms with Crippen molar-refractivity contribution in [2.24, 2.45) is 5.92 Å². The lowest BCUT2D eigenvalue weighted by Gasteiger charge is -2.27. The van der Waals surface area contributed by atoms with E-state index in [1.807, 2.05) is 0 Å². The second kappa shape index (κ2) is 5.39. The summed E-state index contributed by atoms with van der Waals surface area (Å²) in [5.74, 6) is 1.16. The zero-order valence-corrected chi connectivity index (χ0v) is 13.5. The molecule has 118 valence electrons. The minimum Gasteiger partial charge on any atom is -0.357 e. The van der Waals surface area contributed by atoms with Gasteiger partial charge >= 0.3 is 0 Å². The number of aromatic nitrogens is 1. The standard InChI is InChI=1S/C17H22N2O2S/c20-22(21)10-7-13(12-22)5-8-19-9-6-15-14-3-1-2-4-16(14)18-17(15)11-19/h1-4,13,18H,5-12H2/t13-/m0/s1. The third kappa shape index (κ3) is 2.68. The first-order valence-electron chi connectivity index (χ1n) is 8.12. The second-order valence-electron chi connectivity index (χ2n) is 6.71. The van der Waals surface area contributed by atoms with Crippen LogP contribution in [0.1, 0.15) is 24.1 Å². The normalized spacial score (nSPS) is 24.6. The van der Waals surface area contributed by atoms with Gasteiger partial charge < -0.3 is 4.98 Å². The number of sulfone groups is 1. The maximum atomic E-state index is 11.5. The van der Waals surface area contributed by atoms with Crippen LogP contribution in [0.15, 0.2) is 24.3 Å². The zero-order chi connectivity index (χ0) is 15.2. The summed E-state index contributed by atoms with van der Waals surface area (Å²) in [7, 11) is -2.74. The van der Waals surface area contributed by atoms with Gasteiger partial charge in [0.1, 0.15) is 0 Å². The lowest BCUT2D eigenvalue weighted by molar-refractivity contribution is 0.235. The molecule has 0 unspecified atom stereocenters. The Morgan fingerprint density at radius 2 is 2.14 bits per heavy atom. The number of para-hydroxylation sites is 1. The molecule has 4 nitrogen and oxygen atoms in total. The molecule has 2 aliphatic rings. The first-order chi connectivity index (χ1) is 10.6. The summed E-state index contributed by atoms with van der Waals surface area (Å²) in [6.45, 7) is 3.05. The van der Waals surface area contributed by atoms with Gasteiger partial charge in [0, 0.05) is 29.7 Å². The van der Waals surface area contributed by atoms with Crippen LogP contribution in [-0.4, -0.2) is 42.9 Å². The number of hydrogen-bond donors (Lipinski definition) is 1. The Bertz CT molecular complexity index is 794. The molecule has 22 heavy (non-hydrogen) atoms. The molecule has 2 aliphatic heterocycles.